The molecule has 0 aliphatic heterocycles. The molecule has 1 heterocycles. The molecule has 4 nitrogen and oxygen atoms in total. The third kappa shape index (κ3) is 3.18. The summed E-state index contributed by atoms with van der Waals surface area (Å²) in [6.45, 7) is 3.06. The lowest BCUT2D eigenvalue weighted by atomic mass is 10.0. The van der Waals surface area contributed by atoms with E-state index < -0.39 is 0 Å². The molecule has 0 aliphatic carbocycles. The first-order valence-corrected chi connectivity index (χ1v) is 6.33. The number of aryl methyl sites for hydroxylation is 1. The number of imidazole rings is 1. The van der Waals surface area contributed by atoms with E-state index in [0.29, 0.717) is 0 Å². The average Bonchev–Trinajstić information content (AvgIpc) is 2.86. The summed E-state index contributed by atoms with van der Waals surface area (Å²) in [5.41, 5.74) is 4.17. The number of nitrogens with two attached hydrogens (primary N) is 1. The number of rotatable bonds is 6. The molecule has 4 heteroatoms. The van der Waals surface area contributed by atoms with Gasteiger partial charge in [0.05, 0.1) is 0 Å². The van der Waals surface area contributed by atoms with Crippen LogP contribution in [0, 0.1) is 0 Å². The molecule has 2 rings (SSSR count). The molecule has 1 aromatic heterocycles. The molecule has 2 aromatic rings. The van der Waals surface area contributed by atoms with E-state index in [9.17, 15) is 0 Å². The highest BCUT2D eigenvalue weighted by Gasteiger charge is 2.12. The molecule has 3 N–H and O–H groups in total. The third-order valence-corrected chi connectivity index (χ3v) is 3.13. The first-order valence-electron chi connectivity index (χ1n) is 6.33. The highest BCUT2D eigenvalue weighted by atomic mass is 15.2. The molecular weight excluding hydrogens is 224 g/mol. The van der Waals surface area contributed by atoms with Crippen LogP contribution in [0.15, 0.2) is 42.7 Å². The standard InChI is InChI=1S/C14H20N4/c1-2-18-9-8-16-14(18)11-13(17-15)10-12-6-4-3-5-7-12/h3-9,13,17H,2,10-11,15H2,1H3. The first-order chi connectivity index (χ1) is 8.83. The second-order valence-electron chi connectivity index (χ2n) is 4.39. The van der Waals surface area contributed by atoms with Crippen LogP contribution in [-0.4, -0.2) is 15.6 Å². The van der Waals surface area contributed by atoms with Crippen molar-refractivity contribution in [1.29, 1.82) is 0 Å². The van der Waals surface area contributed by atoms with Crippen LogP contribution in [0.3, 0.4) is 0 Å². The quantitative estimate of drug-likeness (QED) is 0.598. The second kappa shape index (κ2) is 6.33. The van der Waals surface area contributed by atoms with Crippen LogP contribution < -0.4 is 11.3 Å². The Morgan fingerprint density at radius 2 is 2.06 bits per heavy atom. The van der Waals surface area contributed by atoms with Crippen molar-refractivity contribution < 1.29 is 0 Å². The van der Waals surface area contributed by atoms with Crippen molar-refractivity contribution in [2.45, 2.75) is 32.4 Å². The van der Waals surface area contributed by atoms with Crippen molar-refractivity contribution in [2.75, 3.05) is 0 Å². The minimum atomic E-state index is 0.208. The van der Waals surface area contributed by atoms with Crippen molar-refractivity contribution in [1.82, 2.24) is 15.0 Å². The molecule has 1 atom stereocenters. The Morgan fingerprint density at radius 1 is 1.28 bits per heavy atom. The van der Waals surface area contributed by atoms with Crippen molar-refractivity contribution in [3.8, 4) is 0 Å². The van der Waals surface area contributed by atoms with E-state index >= 15 is 0 Å². The van der Waals surface area contributed by atoms with E-state index in [2.05, 4.69) is 46.2 Å². The molecule has 1 aromatic carbocycles. The Balaban J connectivity index is 2.02. The fraction of sp³-hybridized carbons (Fsp3) is 0.357. The number of benzene rings is 1. The Morgan fingerprint density at radius 3 is 2.72 bits per heavy atom. The van der Waals surface area contributed by atoms with Crippen LogP contribution in [0.25, 0.3) is 0 Å². The fourth-order valence-corrected chi connectivity index (χ4v) is 2.13. The molecule has 0 saturated carbocycles. The maximum Gasteiger partial charge on any atom is 0.110 e. The fourth-order valence-electron chi connectivity index (χ4n) is 2.13. The lowest BCUT2D eigenvalue weighted by Gasteiger charge is -2.16. The van der Waals surface area contributed by atoms with Gasteiger partial charge in [0, 0.05) is 31.4 Å². The summed E-state index contributed by atoms with van der Waals surface area (Å²) >= 11 is 0. The summed E-state index contributed by atoms with van der Waals surface area (Å²) in [6, 6.07) is 10.6. The van der Waals surface area contributed by atoms with Crippen LogP contribution in [0.1, 0.15) is 18.3 Å². The first kappa shape index (κ1) is 12.8. The van der Waals surface area contributed by atoms with Gasteiger partial charge in [0.15, 0.2) is 0 Å². The second-order valence-corrected chi connectivity index (χ2v) is 4.39. The topological polar surface area (TPSA) is 55.9 Å². The van der Waals surface area contributed by atoms with Gasteiger partial charge in [0.25, 0.3) is 0 Å². The average molecular weight is 244 g/mol. The number of aromatic nitrogens is 2. The number of hydrogen-bond donors (Lipinski definition) is 2. The number of hydrogen-bond acceptors (Lipinski definition) is 3. The maximum atomic E-state index is 5.64. The van der Waals surface area contributed by atoms with Gasteiger partial charge in [0.2, 0.25) is 0 Å². The van der Waals surface area contributed by atoms with Crippen LogP contribution in [0.2, 0.25) is 0 Å². The normalized spacial score (nSPS) is 12.6. The van der Waals surface area contributed by atoms with Gasteiger partial charge in [-0.25, -0.2) is 4.98 Å². The van der Waals surface area contributed by atoms with E-state index in [-0.39, 0.29) is 6.04 Å². The molecule has 0 aliphatic rings. The van der Waals surface area contributed by atoms with Crippen LogP contribution in [0.4, 0.5) is 0 Å². The number of hydrazine groups is 1. The van der Waals surface area contributed by atoms with Crippen molar-refractivity contribution in [2.24, 2.45) is 5.84 Å². The van der Waals surface area contributed by atoms with Gasteiger partial charge in [-0.15, -0.1) is 0 Å². The van der Waals surface area contributed by atoms with Crippen LogP contribution >= 0.6 is 0 Å². The van der Waals surface area contributed by atoms with E-state index in [0.717, 1.165) is 25.2 Å². The summed E-state index contributed by atoms with van der Waals surface area (Å²) in [5.74, 6) is 6.72. The van der Waals surface area contributed by atoms with Gasteiger partial charge in [0.1, 0.15) is 5.82 Å². The van der Waals surface area contributed by atoms with Gasteiger partial charge < -0.3 is 4.57 Å². The summed E-state index contributed by atoms with van der Waals surface area (Å²) in [5, 5.41) is 0. The monoisotopic (exact) mass is 244 g/mol. The molecule has 0 bridgehead atoms. The zero-order valence-corrected chi connectivity index (χ0v) is 10.7. The largest absolute Gasteiger partial charge is 0.335 e. The van der Waals surface area contributed by atoms with Gasteiger partial charge >= 0.3 is 0 Å². The third-order valence-electron chi connectivity index (χ3n) is 3.13. The molecule has 18 heavy (non-hydrogen) atoms. The van der Waals surface area contributed by atoms with Crippen LogP contribution in [-0.2, 0) is 19.4 Å². The van der Waals surface area contributed by atoms with E-state index in [4.69, 9.17) is 5.84 Å². The van der Waals surface area contributed by atoms with Crippen molar-refractivity contribution in [3.05, 3.63) is 54.1 Å². The smallest absolute Gasteiger partial charge is 0.110 e. The molecule has 96 valence electrons. The van der Waals surface area contributed by atoms with E-state index in [1.54, 1.807) is 0 Å². The predicted molar refractivity (Wildman–Crippen MR) is 72.9 cm³/mol. The highest BCUT2D eigenvalue weighted by molar-refractivity contribution is 5.16. The summed E-state index contributed by atoms with van der Waals surface area (Å²) in [7, 11) is 0. The van der Waals surface area contributed by atoms with E-state index in [1.807, 2.05) is 18.5 Å². The Kier molecular flexibility index (Phi) is 4.50. The molecule has 0 amide bonds. The maximum absolute atomic E-state index is 5.64. The lowest BCUT2D eigenvalue weighted by molar-refractivity contribution is 0.499. The Bertz CT molecular complexity index is 464. The number of nitrogens with zero attached hydrogens (tertiary/aromatic N) is 2. The molecular formula is C14H20N4. The zero-order chi connectivity index (χ0) is 12.8. The van der Waals surface area contributed by atoms with Gasteiger partial charge in [-0.1, -0.05) is 30.3 Å². The Hall–Kier alpha value is -1.65. The Labute approximate surface area is 108 Å². The predicted octanol–water partition coefficient (Wildman–Crippen LogP) is 1.52. The highest BCUT2D eigenvalue weighted by Crippen LogP contribution is 2.08. The van der Waals surface area contributed by atoms with Crippen LogP contribution in [0.5, 0.6) is 0 Å². The minimum absolute atomic E-state index is 0.208. The molecule has 0 spiro atoms. The lowest BCUT2D eigenvalue weighted by Crippen LogP contribution is -2.39. The zero-order valence-electron chi connectivity index (χ0n) is 10.7. The van der Waals surface area contributed by atoms with Crippen molar-refractivity contribution in [3.63, 3.8) is 0 Å². The van der Waals surface area contributed by atoms with E-state index in [1.165, 1.54) is 5.56 Å². The summed E-state index contributed by atoms with van der Waals surface area (Å²) < 4.78 is 2.15. The number of nitrogens with one attached hydrogen (secondary N) is 1. The van der Waals surface area contributed by atoms with Gasteiger partial charge in [-0.3, -0.25) is 11.3 Å². The van der Waals surface area contributed by atoms with Crippen molar-refractivity contribution >= 4 is 0 Å². The molecule has 0 saturated heterocycles. The molecule has 0 radical (unpaired) electrons. The molecule has 0 fully saturated rings. The SMILES string of the molecule is CCn1ccnc1CC(Cc1ccccc1)NN. The molecule has 1 unspecified atom stereocenters. The minimum Gasteiger partial charge on any atom is -0.335 e. The van der Waals surface area contributed by atoms with Gasteiger partial charge in [-0.05, 0) is 18.9 Å². The summed E-state index contributed by atoms with van der Waals surface area (Å²) in [4.78, 5) is 4.38. The van der Waals surface area contributed by atoms with Gasteiger partial charge in [-0.2, -0.15) is 0 Å². The summed E-state index contributed by atoms with van der Waals surface area (Å²) in [6.07, 6.45) is 5.60.